The maximum atomic E-state index is 12.0. The van der Waals surface area contributed by atoms with Crippen molar-refractivity contribution < 1.29 is 9.53 Å². The van der Waals surface area contributed by atoms with E-state index in [2.05, 4.69) is 5.32 Å². The fourth-order valence-electron chi connectivity index (χ4n) is 3.33. The summed E-state index contributed by atoms with van der Waals surface area (Å²) in [4.78, 5) is 12.0. The summed E-state index contributed by atoms with van der Waals surface area (Å²) in [5.41, 5.74) is 0.972. The van der Waals surface area contributed by atoms with E-state index in [0.717, 1.165) is 44.1 Å². The fraction of sp³-hybridized carbons (Fsp3) is 0.562. The van der Waals surface area contributed by atoms with E-state index in [1.807, 2.05) is 30.3 Å². The molecular formula is C16H21NO2S. The van der Waals surface area contributed by atoms with Crippen molar-refractivity contribution in [2.75, 3.05) is 0 Å². The lowest BCUT2D eigenvalue weighted by atomic mass is 9.65. The molecule has 3 saturated carbocycles. The van der Waals surface area contributed by atoms with E-state index < -0.39 is 0 Å². The van der Waals surface area contributed by atoms with Crippen LogP contribution in [-0.4, -0.2) is 16.4 Å². The summed E-state index contributed by atoms with van der Waals surface area (Å²) in [7, 11) is 0. The number of amides is 1. The first kappa shape index (κ1) is 13.8. The third kappa shape index (κ3) is 2.95. The highest BCUT2D eigenvalue weighted by Crippen LogP contribution is 2.50. The highest BCUT2D eigenvalue weighted by molar-refractivity contribution is 7.81. The molecule has 0 radical (unpaired) electrons. The van der Waals surface area contributed by atoms with Gasteiger partial charge in [0, 0.05) is 10.3 Å². The molecule has 4 rings (SSSR count). The number of alkyl carbamates (subject to hydrolysis) is 1. The van der Waals surface area contributed by atoms with Crippen LogP contribution in [0.25, 0.3) is 0 Å². The number of carbonyl (C=O) groups is 1. The summed E-state index contributed by atoms with van der Waals surface area (Å²) < 4.78 is 5.55. The highest BCUT2D eigenvalue weighted by atomic mass is 32.1. The molecule has 1 aromatic rings. The Morgan fingerprint density at radius 2 is 1.70 bits per heavy atom. The van der Waals surface area contributed by atoms with Gasteiger partial charge in [-0.05, 0) is 44.1 Å². The Morgan fingerprint density at radius 3 is 2.30 bits per heavy atom. The average molecular weight is 291 g/mol. The Bertz CT molecular complexity index is 464. The maximum Gasteiger partial charge on any atom is 0.407 e. The quantitative estimate of drug-likeness (QED) is 0.834. The van der Waals surface area contributed by atoms with Gasteiger partial charge in [-0.3, -0.25) is 0 Å². The standard InChI is InChI=1S/C16H21NO2S/c18-14(19-12-13-4-2-1-3-5-13)17-15-6-9-16(20,10-7-15)11-8-15/h1-5,20H,6-12H2,(H,17,18). The lowest BCUT2D eigenvalue weighted by Crippen LogP contribution is -2.57. The molecule has 0 aromatic heterocycles. The van der Waals surface area contributed by atoms with Crippen LogP contribution in [-0.2, 0) is 11.3 Å². The number of carbonyl (C=O) groups excluding carboxylic acids is 1. The molecule has 1 amide bonds. The van der Waals surface area contributed by atoms with E-state index in [1.165, 1.54) is 0 Å². The van der Waals surface area contributed by atoms with Crippen molar-refractivity contribution in [1.29, 1.82) is 0 Å². The second-order valence-electron chi connectivity index (χ2n) is 6.19. The minimum atomic E-state index is -0.289. The molecule has 0 heterocycles. The van der Waals surface area contributed by atoms with Crippen LogP contribution in [0.4, 0.5) is 4.79 Å². The van der Waals surface area contributed by atoms with Gasteiger partial charge in [0.25, 0.3) is 0 Å². The van der Waals surface area contributed by atoms with Gasteiger partial charge in [-0.25, -0.2) is 4.79 Å². The van der Waals surface area contributed by atoms with Gasteiger partial charge in [-0.15, -0.1) is 0 Å². The largest absolute Gasteiger partial charge is 0.445 e. The Kier molecular flexibility index (Phi) is 3.67. The number of nitrogens with one attached hydrogen (secondary N) is 1. The van der Waals surface area contributed by atoms with E-state index in [1.54, 1.807) is 0 Å². The lowest BCUT2D eigenvalue weighted by molar-refractivity contribution is 0.0900. The smallest absolute Gasteiger partial charge is 0.407 e. The average Bonchev–Trinajstić information content (AvgIpc) is 2.48. The fourth-order valence-corrected chi connectivity index (χ4v) is 3.66. The van der Waals surface area contributed by atoms with Gasteiger partial charge in [0.15, 0.2) is 0 Å². The van der Waals surface area contributed by atoms with Gasteiger partial charge in [-0.2, -0.15) is 12.6 Å². The summed E-state index contributed by atoms with van der Waals surface area (Å²) in [6, 6.07) is 9.77. The Labute approximate surface area is 125 Å². The van der Waals surface area contributed by atoms with E-state index in [-0.39, 0.29) is 16.4 Å². The molecule has 1 N–H and O–H groups in total. The van der Waals surface area contributed by atoms with Crippen molar-refractivity contribution in [2.45, 2.75) is 55.4 Å². The summed E-state index contributed by atoms with van der Waals surface area (Å²) >= 11 is 4.76. The lowest BCUT2D eigenvalue weighted by Gasteiger charge is -2.51. The van der Waals surface area contributed by atoms with Crippen LogP contribution in [0.1, 0.15) is 44.1 Å². The van der Waals surface area contributed by atoms with Crippen molar-refractivity contribution in [1.82, 2.24) is 5.32 Å². The number of fused-ring (bicyclic) bond motifs is 3. The van der Waals surface area contributed by atoms with Crippen LogP contribution < -0.4 is 5.32 Å². The third-order valence-corrected chi connectivity index (χ3v) is 5.46. The monoisotopic (exact) mass is 291 g/mol. The number of rotatable bonds is 3. The van der Waals surface area contributed by atoms with Crippen molar-refractivity contribution in [2.24, 2.45) is 0 Å². The molecule has 0 unspecified atom stereocenters. The first-order valence-electron chi connectivity index (χ1n) is 7.31. The van der Waals surface area contributed by atoms with Crippen LogP contribution in [0.2, 0.25) is 0 Å². The number of hydrogen-bond donors (Lipinski definition) is 2. The molecule has 108 valence electrons. The first-order valence-corrected chi connectivity index (χ1v) is 7.75. The van der Waals surface area contributed by atoms with Gasteiger partial charge < -0.3 is 10.1 Å². The SMILES string of the molecule is O=C(NC12CCC(S)(CC1)CC2)OCc1ccccc1. The molecule has 1 aromatic carbocycles. The van der Waals surface area contributed by atoms with Crippen molar-refractivity contribution >= 4 is 18.7 Å². The Morgan fingerprint density at radius 1 is 1.10 bits per heavy atom. The van der Waals surface area contributed by atoms with Crippen LogP contribution >= 0.6 is 12.6 Å². The van der Waals surface area contributed by atoms with E-state index in [0.29, 0.717) is 6.61 Å². The van der Waals surface area contributed by atoms with Gasteiger partial charge in [0.05, 0.1) is 0 Å². The number of benzene rings is 1. The third-order valence-electron chi connectivity index (χ3n) is 4.79. The second kappa shape index (κ2) is 5.32. The molecule has 0 aliphatic heterocycles. The molecule has 20 heavy (non-hydrogen) atoms. The first-order chi connectivity index (χ1) is 9.59. The molecule has 0 atom stereocenters. The highest BCUT2D eigenvalue weighted by Gasteiger charge is 2.47. The van der Waals surface area contributed by atoms with Crippen LogP contribution in [0.3, 0.4) is 0 Å². The molecule has 3 aliphatic carbocycles. The van der Waals surface area contributed by atoms with Crippen LogP contribution in [0.5, 0.6) is 0 Å². The topological polar surface area (TPSA) is 38.3 Å². The molecular weight excluding hydrogens is 270 g/mol. The number of hydrogen-bond acceptors (Lipinski definition) is 3. The zero-order valence-corrected chi connectivity index (χ0v) is 12.5. The van der Waals surface area contributed by atoms with E-state index >= 15 is 0 Å². The van der Waals surface area contributed by atoms with Crippen LogP contribution in [0.15, 0.2) is 30.3 Å². The molecule has 3 aliphatic rings. The van der Waals surface area contributed by atoms with Gasteiger partial charge in [0.1, 0.15) is 6.61 Å². The van der Waals surface area contributed by atoms with Crippen molar-refractivity contribution in [3.63, 3.8) is 0 Å². The molecule has 3 nitrogen and oxygen atoms in total. The Balaban J connectivity index is 1.52. The Hall–Kier alpha value is -1.16. The molecule has 3 fully saturated rings. The van der Waals surface area contributed by atoms with E-state index in [4.69, 9.17) is 17.4 Å². The van der Waals surface area contributed by atoms with E-state index in [9.17, 15) is 4.79 Å². The summed E-state index contributed by atoms with van der Waals surface area (Å²) in [5.74, 6) is 0. The van der Waals surface area contributed by atoms with Crippen molar-refractivity contribution in [3.8, 4) is 0 Å². The van der Waals surface area contributed by atoms with Crippen molar-refractivity contribution in [3.05, 3.63) is 35.9 Å². The van der Waals surface area contributed by atoms with Gasteiger partial charge in [0.2, 0.25) is 0 Å². The number of ether oxygens (including phenoxy) is 1. The summed E-state index contributed by atoms with van der Waals surface area (Å²) in [5, 5.41) is 3.11. The predicted molar refractivity (Wildman–Crippen MR) is 81.9 cm³/mol. The predicted octanol–water partition coefficient (Wildman–Crippen LogP) is 3.69. The van der Waals surface area contributed by atoms with Crippen LogP contribution in [0, 0.1) is 0 Å². The normalized spacial score (nSPS) is 31.9. The number of thiol groups is 1. The molecule has 4 heteroatoms. The second-order valence-corrected chi connectivity index (χ2v) is 7.14. The minimum Gasteiger partial charge on any atom is -0.445 e. The zero-order valence-electron chi connectivity index (χ0n) is 11.6. The molecule has 2 bridgehead atoms. The minimum absolute atomic E-state index is 0.0434. The summed E-state index contributed by atoms with van der Waals surface area (Å²) in [6.45, 7) is 0.333. The maximum absolute atomic E-state index is 12.0. The summed E-state index contributed by atoms with van der Waals surface area (Å²) in [6.07, 6.45) is 6.06. The van der Waals surface area contributed by atoms with Gasteiger partial charge >= 0.3 is 6.09 Å². The van der Waals surface area contributed by atoms with Gasteiger partial charge in [-0.1, -0.05) is 30.3 Å². The molecule has 0 saturated heterocycles. The molecule has 0 spiro atoms. The zero-order chi connectivity index (χ0) is 14.1.